The Bertz CT molecular complexity index is 2940. The molecule has 0 aliphatic heterocycles. The van der Waals surface area contributed by atoms with Gasteiger partial charge < -0.3 is 29.3 Å². The average Bonchev–Trinajstić information content (AvgIpc) is 3.46. The molecule has 0 spiro atoms. The predicted octanol–water partition coefficient (Wildman–Crippen LogP) is 12.3. The van der Waals surface area contributed by atoms with Crippen LogP contribution in [0.1, 0.15) is 85.5 Å². The maximum absolute atomic E-state index is 12.8. The summed E-state index contributed by atoms with van der Waals surface area (Å²) in [5.41, 5.74) is 3.66. The second-order valence-corrected chi connectivity index (χ2v) is 15.8. The number of rotatable bonds is 17. The van der Waals surface area contributed by atoms with E-state index >= 15 is 0 Å². The molecule has 6 rings (SSSR count). The third-order valence-electron chi connectivity index (χ3n) is 9.22. The molecular formula is C57H59Cl3F6N4O10. The van der Waals surface area contributed by atoms with Crippen molar-refractivity contribution in [2.75, 3.05) is 51.8 Å². The van der Waals surface area contributed by atoms with Crippen molar-refractivity contribution >= 4 is 84.7 Å². The van der Waals surface area contributed by atoms with Gasteiger partial charge in [-0.25, -0.2) is 14.3 Å². The van der Waals surface area contributed by atoms with Gasteiger partial charge in [-0.3, -0.25) is 24.5 Å². The van der Waals surface area contributed by atoms with E-state index in [1.165, 1.54) is 33.5 Å². The third kappa shape index (κ3) is 29.8. The van der Waals surface area contributed by atoms with Crippen molar-refractivity contribution in [1.82, 2.24) is 19.9 Å². The van der Waals surface area contributed by atoms with E-state index in [4.69, 9.17) is 60.9 Å². The Morgan fingerprint density at radius 2 is 0.975 bits per heavy atom. The minimum Gasteiger partial charge on any atom is -0.424 e. The first kappa shape index (κ1) is 73.0. The van der Waals surface area contributed by atoms with Crippen molar-refractivity contribution in [3.05, 3.63) is 126 Å². The first-order chi connectivity index (χ1) is 38.1. The van der Waals surface area contributed by atoms with E-state index in [2.05, 4.69) is 96.3 Å². The van der Waals surface area contributed by atoms with Gasteiger partial charge in [-0.2, -0.15) is 17.6 Å². The second kappa shape index (κ2) is 41.9. The zero-order valence-corrected chi connectivity index (χ0v) is 46.7. The lowest BCUT2D eigenvalue weighted by Gasteiger charge is -2.28. The van der Waals surface area contributed by atoms with Crippen molar-refractivity contribution in [2.24, 2.45) is 0 Å². The molecule has 6 aromatic rings. The number of carbonyl (C=O) groups is 3. The molecule has 0 saturated heterocycles. The highest BCUT2D eigenvalue weighted by molar-refractivity contribution is 6.67. The fraction of sp³-hybridized carbons (Fsp3) is 0.333. The lowest BCUT2D eigenvalue weighted by Crippen LogP contribution is -2.49. The summed E-state index contributed by atoms with van der Waals surface area (Å²) < 4.78 is 96.3. The van der Waals surface area contributed by atoms with Crippen LogP contribution in [0.2, 0.25) is 0 Å². The first-order valence-electron chi connectivity index (χ1n) is 23.8. The summed E-state index contributed by atoms with van der Waals surface area (Å²) in [6.07, 6.45) is -5.51. The van der Waals surface area contributed by atoms with Gasteiger partial charge >= 0.3 is 30.5 Å². The Morgan fingerprint density at radius 1 is 0.600 bits per heavy atom. The Morgan fingerprint density at radius 3 is 1.34 bits per heavy atom. The maximum Gasteiger partial charge on any atom is 0.490 e. The quantitative estimate of drug-likeness (QED) is 0.0220. The Labute approximate surface area is 476 Å². The molecule has 0 unspecified atom stereocenters. The molecule has 0 radical (unpaired) electrons. The lowest BCUT2D eigenvalue weighted by molar-refractivity contribution is -0.526. The zero-order chi connectivity index (χ0) is 60.4. The van der Waals surface area contributed by atoms with E-state index in [0.29, 0.717) is 16.7 Å². The number of benzene rings is 3. The number of hydrogen-bond acceptors (Lipinski definition) is 14. The minimum atomic E-state index is -5.50. The average molecular weight is 1180 g/mol. The van der Waals surface area contributed by atoms with Crippen LogP contribution < -0.4 is 0 Å². The van der Waals surface area contributed by atoms with Crippen LogP contribution in [0.4, 0.5) is 26.3 Å². The van der Waals surface area contributed by atoms with Gasteiger partial charge in [0.15, 0.2) is 0 Å². The molecule has 0 aliphatic carbocycles. The van der Waals surface area contributed by atoms with E-state index in [1.807, 2.05) is 24.3 Å². The van der Waals surface area contributed by atoms with Gasteiger partial charge in [0, 0.05) is 40.3 Å². The number of aliphatic hydroxyl groups excluding tert-OH is 1. The highest BCUT2D eigenvalue weighted by Gasteiger charge is 2.64. The maximum atomic E-state index is 12.8. The predicted molar refractivity (Wildman–Crippen MR) is 297 cm³/mol. The molecule has 0 aliphatic rings. The van der Waals surface area contributed by atoms with Crippen molar-refractivity contribution in [1.29, 1.82) is 0 Å². The molecule has 23 heteroatoms. The number of hydrogen-bond donors (Lipinski definition) is 2. The van der Waals surface area contributed by atoms with Gasteiger partial charge in [-0.05, 0) is 159 Å². The highest BCUT2D eigenvalue weighted by Crippen LogP contribution is 2.40. The van der Waals surface area contributed by atoms with Crippen LogP contribution >= 0.6 is 34.8 Å². The molecule has 0 atom stereocenters. The van der Waals surface area contributed by atoms with Gasteiger partial charge in [0.05, 0.1) is 46.2 Å². The van der Waals surface area contributed by atoms with E-state index in [-0.39, 0.29) is 18.2 Å². The van der Waals surface area contributed by atoms with Crippen molar-refractivity contribution in [3.63, 3.8) is 0 Å². The number of alkyl halides is 8. The number of terminal acetylenes is 1. The number of fused-ring (bicyclic) bond motifs is 3. The van der Waals surface area contributed by atoms with Crippen LogP contribution in [-0.4, -0.2) is 118 Å². The van der Waals surface area contributed by atoms with Gasteiger partial charge in [0.2, 0.25) is 6.79 Å². The Kier molecular flexibility index (Phi) is 38.2. The van der Waals surface area contributed by atoms with Crippen LogP contribution in [0.3, 0.4) is 0 Å². The smallest absolute Gasteiger partial charge is 0.424 e. The van der Waals surface area contributed by atoms with Crippen LogP contribution in [-0.2, 0) is 23.7 Å². The number of pyridine rings is 3. The van der Waals surface area contributed by atoms with Crippen LogP contribution in [0.25, 0.3) is 32.7 Å². The van der Waals surface area contributed by atoms with Crippen molar-refractivity contribution in [2.45, 2.75) is 72.9 Å². The zero-order valence-electron chi connectivity index (χ0n) is 44.4. The van der Waals surface area contributed by atoms with E-state index in [0.717, 1.165) is 32.7 Å². The number of nitrogens with zero attached hydrogens (tertiary/aromatic N) is 4. The van der Waals surface area contributed by atoms with Crippen molar-refractivity contribution in [3.8, 4) is 47.9 Å². The molecular weight excluding hydrogens is 1120 g/mol. The van der Waals surface area contributed by atoms with Crippen LogP contribution in [0, 0.1) is 47.9 Å². The van der Waals surface area contributed by atoms with Crippen LogP contribution in [0.15, 0.2) is 110 Å². The Balaban J connectivity index is 0.00000102. The molecule has 14 nitrogen and oxygen atoms in total. The molecule has 80 heavy (non-hydrogen) atoms. The number of aliphatic hydroxyl groups is 2. The second-order valence-electron chi connectivity index (χ2n) is 14.7. The summed E-state index contributed by atoms with van der Waals surface area (Å²) >= 11 is 14.9. The van der Waals surface area contributed by atoms with Crippen molar-refractivity contribution < 1.29 is 74.6 Å². The first-order valence-corrected chi connectivity index (χ1v) is 25.2. The molecule has 0 fully saturated rings. The monoisotopic (exact) mass is 1180 g/mol. The number of halogens is 9. The van der Waals surface area contributed by atoms with Gasteiger partial charge in [0.1, 0.15) is 6.79 Å². The van der Waals surface area contributed by atoms with Gasteiger partial charge in [-0.1, -0.05) is 58.7 Å². The SMILES string of the molecule is C#CC#CC#CC#CC.CCCOC(F)(F)OC(F)(F)C(F)(F)OCCC.CCN(CC)CC.ClCCl.O=C(Cl)c1ccc2ncccc2c1.O=C(OCOC(=O)c1ccc2ncccc2c1)c1ccc2ncccc2c1.OCO. The number of esters is 2. The van der Waals surface area contributed by atoms with E-state index < -0.39 is 62.5 Å². The fourth-order valence-corrected chi connectivity index (χ4v) is 5.66. The topological polar surface area (TPSA) is 180 Å². The summed E-state index contributed by atoms with van der Waals surface area (Å²) in [6, 6.07) is 26.3. The molecule has 3 heterocycles. The van der Waals surface area contributed by atoms with Gasteiger partial charge in [0.25, 0.3) is 5.24 Å². The molecule has 0 amide bonds. The number of carbonyl (C=O) groups excluding carboxylic acids is 3. The summed E-state index contributed by atoms with van der Waals surface area (Å²) in [4.78, 5) is 50.0. The molecule has 2 N–H and O–H groups in total. The Hall–Kier alpha value is -7.05. The summed E-state index contributed by atoms with van der Waals surface area (Å²) in [6.45, 7) is 12.1. The molecule has 3 aromatic heterocycles. The largest absolute Gasteiger partial charge is 0.490 e. The molecule has 3 aromatic carbocycles. The summed E-state index contributed by atoms with van der Waals surface area (Å²) in [5, 5.41) is 16.6. The minimum absolute atomic E-state index is 0.00833. The van der Waals surface area contributed by atoms with Gasteiger partial charge in [-0.15, -0.1) is 38.4 Å². The normalized spacial score (nSPS) is 10.2. The van der Waals surface area contributed by atoms with Crippen LogP contribution in [0.5, 0.6) is 0 Å². The number of aromatic nitrogens is 3. The number of ether oxygens (including phenoxy) is 5. The van der Waals surface area contributed by atoms with E-state index in [1.54, 1.807) is 92.2 Å². The standard InChI is InChI=1S/C21H14N2O4.C10H6ClNO.C9H14F6O3.C9H4.C6H15N.CH2Cl2.CH4O2/c24-20(16-5-7-18-14(11-16)3-1-9-22-18)26-13-27-21(25)17-6-8-19-15(12-17)4-2-10-23-19;11-10(13)8-3-4-9-7(6-8)2-1-5-12-9;1-3-5-16-7(10,11)8(12,13)18-9(14,15)17-6-4-2;1-3-5-7-9-8-6-4-2;1-4-7(5-2)6-3;2*2-1-3/h1-12H,13H2;1-6H;3-6H2,1-2H3;1H,2H3;4-6H2,1-3H3;1H2;2-3H,1H2. The van der Waals surface area contributed by atoms with E-state index in [9.17, 15) is 40.7 Å². The lowest BCUT2D eigenvalue weighted by atomic mass is 10.1. The summed E-state index contributed by atoms with van der Waals surface area (Å²) in [7, 11) is 0. The molecule has 0 bridgehead atoms. The third-order valence-corrected chi connectivity index (χ3v) is 9.44. The highest BCUT2D eigenvalue weighted by atomic mass is 35.5. The molecule has 0 saturated carbocycles. The fourth-order valence-electron chi connectivity index (χ4n) is 5.54. The summed E-state index contributed by atoms with van der Waals surface area (Å²) in [5.74, 6) is 15.8. The molecule has 430 valence electrons.